The molecule has 0 amide bonds. The third kappa shape index (κ3) is 3.36. The lowest BCUT2D eigenvalue weighted by molar-refractivity contribution is -0.177. The molecule has 4 nitrogen and oxygen atoms in total. The lowest BCUT2D eigenvalue weighted by Gasteiger charge is -2.21. The van der Waals surface area contributed by atoms with Gasteiger partial charge < -0.3 is 9.47 Å². The third-order valence-electron chi connectivity index (χ3n) is 2.04. The highest BCUT2D eigenvalue weighted by Crippen LogP contribution is 2.29. The number of rotatable bonds is 4. The van der Waals surface area contributed by atoms with Crippen LogP contribution in [-0.2, 0) is 19.1 Å². The zero-order chi connectivity index (χ0) is 10.8. The van der Waals surface area contributed by atoms with Crippen LogP contribution in [0.5, 0.6) is 0 Å². The van der Waals surface area contributed by atoms with Gasteiger partial charge in [-0.05, 0) is 32.6 Å². The maximum absolute atomic E-state index is 11.4. The molecule has 14 heavy (non-hydrogen) atoms. The Kier molecular flexibility index (Phi) is 3.13. The second-order valence-electron chi connectivity index (χ2n) is 4.15. The number of carbonyl (C=O) groups is 2. The molecule has 80 valence electrons. The van der Waals surface area contributed by atoms with Gasteiger partial charge in [0, 0.05) is 6.92 Å². The van der Waals surface area contributed by atoms with E-state index < -0.39 is 17.5 Å². The number of hydrogen-bond donors (Lipinski definition) is 0. The molecule has 0 bridgehead atoms. The molecule has 4 heteroatoms. The van der Waals surface area contributed by atoms with Crippen molar-refractivity contribution in [2.45, 2.75) is 39.2 Å². The van der Waals surface area contributed by atoms with Gasteiger partial charge in [-0.15, -0.1) is 0 Å². The van der Waals surface area contributed by atoms with E-state index in [1.807, 2.05) is 0 Å². The Hall–Kier alpha value is -1.06. The Morgan fingerprint density at radius 1 is 1.36 bits per heavy atom. The minimum absolute atomic E-state index is 0.448. The highest BCUT2D eigenvalue weighted by atomic mass is 16.6. The van der Waals surface area contributed by atoms with E-state index in [0.29, 0.717) is 12.5 Å². The summed E-state index contributed by atoms with van der Waals surface area (Å²) in [7, 11) is 0. The smallest absolute Gasteiger partial charge is 0.350 e. The van der Waals surface area contributed by atoms with Gasteiger partial charge in [-0.2, -0.15) is 0 Å². The van der Waals surface area contributed by atoms with Crippen LogP contribution in [0.1, 0.15) is 33.6 Å². The molecule has 0 saturated heterocycles. The molecule has 0 spiro atoms. The Morgan fingerprint density at radius 2 is 1.93 bits per heavy atom. The van der Waals surface area contributed by atoms with Gasteiger partial charge in [0.1, 0.15) is 0 Å². The lowest BCUT2D eigenvalue weighted by Crippen LogP contribution is -2.38. The van der Waals surface area contributed by atoms with E-state index in [-0.39, 0.29) is 0 Å². The van der Waals surface area contributed by atoms with Crippen LogP contribution < -0.4 is 0 Å². The fraction of sp³-hybridized carbons (Fsp3) is 0.800. The van der Waals surface area contributed by atoms with E-state index >= 15 is 0 Å². The molecule has 0 aromatic rings. The van der Waals surface area contributed by atoms with Gasteiger partial charge in [0.15, 0.2) is 0 Å². The SMILES string of the molecule is CC(=O)OC(C)(C)C(=O)OCC1CC1. The summed E-state index contributed by atoms with van der Waals surface area (Å²) in [5.74, 6) is -0.426. The summed E-state index contributed by atoms with van der Waals surface area (Å²) in [6.07, 6.45) is 2.25. The largest absolute Gasteiger partial charge is 0.462 e. The van der Waals surface area contributed by atoms with E-state index in [1.54, 1.807) is 0 Å². The van der Waals surface area contributed by atoms with Crippen molar-refractivity contribution in [1.82, 2.24) is 0 Å². The van der Waals surface area contributed by atoms with Gasteiger partial charge in [0.25, 0.3) is 0 Å². The first-order valence-corrected chi connectivity index (χ1v) is 4.78. The summed E-state index contributed by atoms with van der Waals surface area (Å²) in [5.41, 5.74) is -1.17. The molecule has 0 radical (unpaired) electrons. The molecule has 1 rings (SSSR count). The zero-order valence-electron chi connectivity index (χ0n) is 8.83. The highest BCUT2D eigenvalue weighted by molar-refractivity contribution is 5.82. The fourth-order valence-corrected chi connectivity index (χ4v) is 1.05. The van der Waals surface area contributed by atoms with Gasteiger partial charge in [-0.25, -0.2) is 4.79 Å². The summed E-state index contributed by atoms with van der Waals surface area (Å²) < 4.78 is 9.85. The van der Waals surface area contributed by atoms with Crippen LogP contribution in [0.3, 0.4) is 0 Å². The quantitative estimate of drug-likeness (QED) is 0.641. The van der Waals surface area contributed by atoms with E-state index in [9.17, 15) is 9.59 Å². The van der Waals surface area contributed by atoms with Gasteiger partial charge in [-0.1, -0.05) is 0 Å². The van der Waals surface area contributed by atoms with Crippen LogP contribution >= 0.6 is 0 Å². The van der Waals surface area contributed by atoms with Crippen LogP contribution in [0.25, 0.3) is 0 Å². The van der Waals surface area contributed by atoms with Gasteiger partial charge in [-0.3, -0.25) is 4.79 Å². The van der Waals surface area contributed by atoms with E-state index in [2.05, 4.69) is 0 Å². The number of hydrogen-bond acceptors (Lipinski definition) is 4. The molecule has 0 unspecified atom stereocenters. The van der Waals surface area contributed by atoms with Gasteiger partial charge in [0.2, 0.25) is 5.60 Å². The maximum Gasteiger partial charge on any atom is 0.350 e. The third-order valence-corrected chi connectivity index (χ3v) is 2.04. The lowest BCUT2D eigenvalue weighted by atomic mass is 10.1. The van der Waals surface area contributed by atoms with Gasteiger partial charge in [0.05, 0.1) is 6.61 Å². The number of ether oxygens (including phenoxy) is 2. The zero-order valence-corrected chi connectivity index (χ0v) is 8.83. The van der Waals surface area contributed by atoms with Crippen LogP contribution in [0.15, 0.2) is 0 Å². The predicted molar refractivity (Wildman–Crippen MR) is 49.5 cm³/mol. The summed E-state index contributed by atoms with van der Waals surface area (Å²) >= 11 is 0. The summed E-state index contributed by atoms with van der Waals surface area (Å²) in [6.45, 7) is 4.78. The first kappa shape index (κ1) is 11.0. The number of esters is 2. The topological polar surface area (TPSA) is 52.6 Å². The monoisotopic (exact) mass is 200 g/mol. The Labute approximate surface area is 83.6 Å². The highest BCUT2D eigenvalue weighted by Gasteiger charge is 2.34. The van der Waals surface area contributed by atoms with Crippen molar-refractivity contribution >= 4 is 11.9 Å². The first-order chi connectivity index (χ1) is 6.42. The molecule has 0 aliphatic heterocycles. The Bertz CT molecular complexity index is 241. The molecular formula is C10H16O4. The molecule has 0 N–H and O–H groups in total. The minimum Gasteiger partial charge on any atom is -0.462 e. The molecule has 0 heterocycles. The minimum atomic E-state index is -1.17. The van der Waals surface area contributed by atoms with Crippen molar-refractivity contribution in [3.05, 3.63) is 0 Å². The fourth-order valence-electron chi connectivity index (χ4n) is 1.05. The van der Waals surface area contributed by atoms with Crippen molar-refractivity contribution in [2.75, 3.05) is 6.61 Å². The second kappa shape index (κ2) is 3.98. The van der Waals surface area contributed by atoms with Crippen LogP contribution in [0.4, 0.5) is 0 Å². The van der Waals surface area contributed by atoms with E-state index in [4.69, 9.17) is 9.47 Å². The van der Waals surface area contributed by atoms with Crippen molar-refractivity contribution in [2.24, 2.45) is 5.92 Å². The standard InChI is InChI=1S/C10H16O4/c1-7(11)14-10(2,3)9(12)13-6-8-4-5-8/h8H,4-6H2,1-3H3. The summed E-state index contributed by atoms with van der Waals surface area (Å²) in [5, 5.41) is 0. The van der Waals surface area contributed by atoms with Crippen molar-refractivity contribution in [1.29, 1.82) is 0 Å². The second-order valence-corrected chi connectivity index (χ2v) is 4.15. The summed E-state index contributed by atoms with van der Waals surface area (Å²) in [6, 6.07) is 0. The Balaban J connectivity index is 2.35. The molecule has 1 fully saturated rings. The molecule has 0 atom stereocenters. The average molecular weight is 200 g/mol. The van der Waals surface area contributed by atoms with Crippen molar-refractivity contribution in [3.63, 3.8) is 0 Å². The molecule has 1 aliphatic rings. The maximum atomic E-state index is 11.4. The number of carbonyl (C=O) groups excluding carboxylic acids is 2. The predicted octanol–water partition coefficient (Wildman–Crippen LogP) is 1.28. The molecular weight excluding hydrogens is 184 g/mol. The van der Waals surface area contributed by atoms with Crippen LogP contribution in [-0.4, -0.2) is 24.1 Å². The molecule has 0 aromatic carbocycles. The molecule has 1 aliphatic carbocycles. The van der Waals surface area contributed by atoms with Crippen molar-refractivity contribution < 1.29 is 19.1 Å². The van der Waals surface area contributed by atoms with Gasteiger partial charge >= 0.3 is 11.9 Å². The van der Waals surface area contributed by atoms with Crippen LogP contribution in [0, 0.1) is 5.92 Å². The molecule has 0 aromatic heterocycles. The van der Waals surface area contributed by atoms with E-state index in [0.717, 1.165) is 12.8 Å². The van der Waals surface area contributed by atoms with Crippen LogP contribution in [0.2, 0.25) is 0 Å². The summed E-state index contributed by atoms with van der Waals surface area (Å²) in [4.78, 5) is 22.1. The Morgan fingerprint density at radius 3 is 2.36 bits per heavy atom. The molecule has 1 saturated carbocycles. The normalized spacial score (nSPS) is 16.2. The van der Waals surface area contributed by atoms with E-state index in [1.165, 1.54) is 20.8 Å². The average Bonchev–Trinajstić information content (AvgIpc) is 2.80. The first-order valence-electron chi connectivity index (χ1n) is 4.78. The van der Waals surface area contributed by atoms with Crippen molar-refractivity contribution in [3.8, 4) is 0 Å².